The van der Waals surface area contributed by atoms with Crippen molar-refractivity contribution in [3.8, 4) is 0 Å². The summed E-state index contributed by atoms with van der Waals surface area (Å²) >= 11 is 6.04. The van der Waals surface area contributed by atoms with E-state index in [4.69, 9.17) is 11.6 Å². The van der Waals surface area contributed by atoms with Crippen LogP contribution in [-0.2, 0) is 19.9 Å². The molecule has 3 aromatic rings. The summed E-state index contributed by atoms with van der Waals surface area (Å²) in [5, 5.41) is 9.37. The second-order valence-corrected chi connectivity index (χ2v) is 6.02. The molecule has 1 N–H and O–H groups in total. The van der Waals surface area contributed by atoms with Crippen LogP contribution in [0.15, 0.2) is 18.2 Å². The number of rotatable bonds is 2. The van der Waals surface area contributed by atoms with Crippen LogP contribution in [0.5, 0.6) is 0 Å². The highest BCUT2D eigenvalue weighted by Gasteiger charge is 2.19. The van der Waals surface area contributed by atoms with Gasteiger partial charge in [0.2, 0.25) is 5.28 Å². The van der Waals surface area contributed by atoms with Crippen molar-refractivity contribution in [1.29, 1.82) is 0 Å². The van der Waals surface area contributed by atoms with Gasteiger partial charge in [-0.15, -0.1) is 0 Å². The molecule has 0 fully saturated rings. The van der Waals surface area contributed by atoms with Crippen LogP contribution >= 0.6 is 11.6 Å². The summed E-state index contributed by atoms with van der Waals surface area (Å²) in [7, 11) is 1.96. The number of hydrogen-bond donors (Lipinski definition) is 1. The van der Waals surface area contributed by atoms with E-state index in [1.807, 2.05) is 23.9 Å². The minimum atomic E-state index is 0.304. The Morgan fingerprint density at radius 2 is 2.09 bits per heavy atom. The Morgan fingerprint density at radius 3 is 2.95 bits per heavy atom. The van der Waals surface area contributed by atoms with Gasteiger partial charge >= 0.3 is 0 Å². The summed E-state index contributed by atoms with van der Waals surface area (Å²) in [6, 6.07) is 6.18. The van der Waals surface area contributed by atoms with Gasteiger partial charge in [0.05, 0.1) is 11.2 Å². The molecule has 0 saturated heterocycles. The fraction of sp³-hybridized carbons (Fsp3) is 0.312. The van der Waals surface area contributed by atoms with Crippen LogP contribution in [0, 0.1) is 6.92 Å². The smallest absolute Gasteiger partial charge is 0.224 e. The summed E-state index contributed by atoms with van der Waals surface area (Å²) in [4.78, 5) is 8.68. The number of nitrogens with one attached hydrogen (secondary N) is 1. The number of fused-ring (bicyclic) bond motifs is 2. The lowest BCUT2D eigenvalue weighted by Crippen LogP contribution is -2.01. The van der Waals surface area contributed by atoms with Gasteiger partial charge in [0.1, 0.15) is 5.82 Å². The van der Waals surface area contributed by atoms with E-state index in [2.05, 4.69) is 33.4 Å². The van der Waals surface area contributed by atoms with E-state index in [9.17, 15) is 0 Å². The zero-order chi connectivity index (χ0) is 15.3. The Morgan fingerprint density at radius 1 is 1.23 bits per heavy atom. The highest BCUT2D eigenvalue weighted by molar-refractivity contribution is 6.28. The summed E-state index contributed by atoms with van der Waals surface area (Å²) < 4.78 is 1.90. The molecule has 0 aliphatic heterocycles. The molecule has 0 saturated carbocycles. The molecule has 0 bridgehead atoms. The summed E-state index contributed by atoms with van der Waals surface area (Å²) in [5.74, 6) is 0.819. The first-order valence-corrected chi connectivity index (χ1v) is 7.75. The van der Waals surface area contributed by atoms with Crippen molar-refractivity contribution >= 4 is 34.0 Å². The largest absolute Gasteiger partial charge is 0.340 e. The topological polar surface area (TPSA) is 55.6 Å². The van der Waals surface area contributed by atoms with Crippen LogP contribution in [0.4, 0.5) is 11.5 Å². The van der Waals surface area contributed by atoms with Crippen molar-refractivity contribution in [3.63, 3.8) is 0 Å². The van der Waals surface area contributed by atoms with Crippen LogP contribution in [0.3, 0.4) is 0 Å². The zero-order valence-electron chi connectivity index (χ0n) is 12.5. The molecule has 5 nitrogen and oxygen atoms in total. The molecule has 1 aromatic carbocycles. The van der Waals surface area contributed by atoms with Gasteiger partial charge in [-0.3, -0.25) is 4.68 Å². The SMILES string of the molecule is Cc1c2ccc(Nc3nc(Cl)nc4c3CCC4)cc2nn1C. The van der Waals surface area contributed by atoms with Gasteiger partial charge in [0, 0.05) is 29.4 Å². The van der Waals surface area contributed by atoms with Gasteiger partial charge in [0.25, 0.3) is 0 Å². The molecule has 2 heterocycles. The quantitative estimate of drug-likeness (QED) is 0.735. The molecular weight excluding hydrogens is 298 g/mol. The number of benzene rings is 1. The van der Waals surface area contributed by atoms with Crippen LogP contribution in [-0.4, -0.2) is 19.7 Å². The van der Waals surface area contributed by atoms with Crippen molar-refractivity contribution in [2.24, 2.45) is 7.05 Å². The third-order valence-corrected chi connectivity index (χ3v) is 4.47. The third-order valence-electron chi connectivity index (χ3n) is 4.30. The maximum absolute atomic E-state index is 6.04. The van der Waals surface area contributed by atoms with Gasteiger partial charge in [-0.25, -0.2) is 9.97 Å². The average Bonchev–Trinajstić information content (AvgIpc) is 3.04. The van der Waals surface area contributed by atoms with Gasteiger partial charge in [-0.1, -0.05) is 0 Å². The molecule has 1 aliphatic carbocycles. The van der Waals surface area contributed by atoms with Crippen LogP contribution in [0.25, 0.3) is 10.9 Å². The zero-order valence-corrected chi connectivity index (χ0v) is 13.3. The first kappa shape index (κ1) is 13.5. The molecule has 6 heteroatoms. The summed E-state index contributed by atoms with van der Waals surface area (Å²) in [6.07, 6.45) is 3.09. The van der Waals surface area contributed by atoms with Crippen LogP contribution < -0.4 is 5.32 Å². The summed E-state index contributed by atoms with van der Waals surface area (Å²) in [6.45, 7) is 2.07. The van der Waals surface area contributed by atoms with Gasteiger partial charge in [-0.2, -0.15) is 5.10 Å². The number of nitrogens with zero attached hydrogens (tertiary/aromatic N) is 4. The Labute approximate surface area is 133 Å². The van der Waals surface area contributed by atoms with Gasteiger partial charge < -0.3 is 5.32 Å². The average molecular weight is 314 g/mol. The highest BCUT2D eigenvalue weighted by atomic mass is 35.5. The van der Waals surface area contributed by atoms with E-state index in [-0.39, 0.29) is 0 Å². The molecule has 2 aromatic heterocycles. The second-order valence-electron chi connectivity index (χ2n) is 5.69. The fourth-order valence-corrected chi connectivity index (χ4v) is 3.24. The molecule has 22 heavy (non-hydrogen) atoms. The van der Waals surface area contributed by atoms with E-state index in [0.717, 1.165) is 47.7 Å². The Bertz CT molecular complexity index is 884. The van der Waals surface area contributed by atoms with E-state index in [1.54, 1.807) is 0 Å². The molecule has 112 valence electrons. The summed E-state index contributed by atoms with van der Waals surface area (Å²) in [5.41, 5.74) is 5.35. The lowest BCUT2D eigenvalue weighted by molar-refractivity contribution is 0.751. The normalized spacial score (nSPS) is 13.6. The van der Waals surface area contributed by atoms with Gasteiger partial charge in [0.15, 0.2) is 0 Å². The maximum Gasteiger partial charge on any atom is 0.224 e. The van der Waals surface area contributed by atoms with Crippen molar-refractivity contribution in [2.45, 2.75) is 26.2 Å². The van der Waals surface area contributed by atoms with Crippen molar-refractivity contribution in [2.75, 3.05) is 5.32 Å². The monoisotopic (exact) mass is 313 g/mol. The van der Waals surface area contributed by atoms with E-state index in [0.29, 0.717) is 5.28 Å². The van der Waals surface area contributed by atoms with E-state index >= 15 is 0 Å². The number of aromatic nitrogens is 4. The van der Waals surface area contributed by atoms with E-state index in [1.165, 1.54) is 10.9 Å². The predicted molar refractivity (Wildman–Crippen MR) is 87.8 cm³/mol. The minimum Gasteiger partial charge on any atom is -0.340 e. The first-order chi connectivity index (χ1) is 10.6. The highest BCUT2D eigenvalue weighted by Crippen LogP contribution is 2.30. The van der Waals surface area contributed by atoms with Crippen molar-refractivity contribution < 1.29 is 0 Å². The first-order valence-electron chi connectivity index (χ1n) is 7.37. The fourth-order valence-electron chi connectivity index (χ4n) is 3.05. The molecule has 0 spiro atoms. The maximum atomic E-state index is 6.04. The number of halogens is 1. The van der Waals surface area contributed by atoms with Crippen molar-refractivity contribution in [3.05, 3.63) is 40.4 Å². The minimum absolute atomic E-state index is 0.304. The number of hydrogen-bond acceptors (Lipinski definition) is 4. The predicted octanol–water partition coefficient (Wildman–Crippen LogP) is 3.56. The number of anilines is 2. The molecular formula is C16H16ClN5. The lowest BCUT2D eigenvalue weighted by atomic mass is 10.2. The Kier molecular flexibility index (Phi) is 3.04. The van der Waals surface area contributed by atoms with Crippen LogP contribution in [0.2, 0.25) is 5.28 Å². The second kappa shape index (κ2) is 4.95. The molecule has 0 atom stereocenters. The van der Waals surface area contributed by atoms with E-state index < -0.39 is 0 Å². The molecule has 0 radical (unpaired) electrons. The van der Waals surface area contributed by atoms with Gasteiger partial charge in [-0.05, 0) is 56.0 Å². The molecule has 1 aliphatic rings. The Balaban J connectivity index is 1.75. The van der Waals surface area contributed by atoms with Crippen LogP contribution in [0.1, 0.15) is 23.4 Å². The molecule has 4 rings (SSSR count). The van der Waals surface area contributed by atoms with Crippen molar-refractivity contribution in [1.82, 2.24) is 19.7 Å². The third kappa shape index (κ3) is 2.13. The Hall–Kier alpha value is -2.14. The molecule has 0 amide bonds. The molecule has 0 unspecified atom stereocenters. The number of aryl methyl sites for hydroxylation is 3. The standard InChI is InChI=1S/C16H16ClN5/c1-9-11-7-6-10(8-14(11)21-22(9)2)18-15-12-4-3-5-13(12)19-16(17)20-15/h6-8H,3-5H2,1-2H3,(H,18,19,20). The lowest BCUT2D eigenvalue weighted by Gasteiger charge is -2.10.